The number of sulfonamides is 1. The first kappa shape index (κ1) is 19.1. The molecule has 0 saturated carbocycles. The fraction of sp³-hybridized carbons (Fsp3) is 0.500. The maximum Gasteiger partial charge on any atom is 0.240 e. The van der Waals surface area contributed by atoms with Crippen molar-refractivity contribution in [3.8, 4) is 0 Å². The van der Waals surface area contributed by atoms with E-state index in [-0.39, 0.29) is 17.3 Å². The van der Waals surface area contributed by atoms with Gasteiger partial charge in [-0.3, -0.25) is 4.79 Å². The second-order valence-corrected chi connectivity index (χ2v) is 7.39. The number of hydrogen-bond acceptors (Lipinski definition) is 4. The molecule has 8 heteroatoms. The quantitative estimate of drug-likeness (QED) is 0.647. The summed E-state index contributed by atoms with van der Waals surface area (Å²) in [4.78, 5) is 13.3. The van der Waals surface area contributed by atoms with E-state index in [1.165, 1.54) is 19.1 Å². The Morgan fingerprint density at radius 1 is 1.27 bits per heavy atom. The zero-order chi connectivity index (χ0) is 16.6. The second kappa shape index (κ2) is 9.24. The van der Waals surface area contributed by atoms with Crippen molar-refractivity contribution in [1.82, 2.24) is 9.62 Å². The third-order valence-electron chi connectivity index (χ3n) is 3.02. The number of hydrogen-bond donors (Lipinski definition) is 1. The summed E-state index contributed by atoms with van der Waals surface area (Å²) < 4.78 is 32.5. The lowest BCUT2D eigenvalue weighted by Gasteiger charge is -2.21. The number of carbonyl (C=O) groups excluding carboxylic acids is 1. The molecule has 0 spiro atoms. The van der Waals surface area contributed by atoms with Crippen LogP contribution in [0, 0.1) is 0 Å². The molecule has 1 aromatic carbocycles. The van der Waals surface area contributed by atoms with Crippen LogP contribution in [0.3, 0.4) is 0 Å². The first-order valence-corrected chi connectivity index (χ1v) is 9.14. The topological polar surface area (TPSA) is 75.7 Å². The lowest BCUT2D eigenvalue weighted by Crippen LogP contribution is -2.38. The zero-order valence-electron chi connectivity index (χ0n) is 12.7. The van der Waals surface area contributed by atoms with E-state index in [1.807, 2.05) is 0 Å². The Morgan fingerprint density at radius 3 is 2.45 bits per heavy atom. The minimum absolute atomic E-state index is 0.0843. The van der Waals surface area contributed by atoms with Gasteiger partial charge >= 0.3 is 0 Å². The van der Waals surface area contributed by atoms with Crippen LogP contribution < -0.4 is 4.72 Å². The summed E-state index contributed by atoms with van der Waals surface area (Å²) in [5.41, 5.74) is 0. The number of carbonyl (C=O) groups is 1. The number of methoxy groups -OCH3 is 1. The summed E-state index contributed by atoms with van der Waals surface area (Å²) in [6.07, 6.45) is 0.718. The van der Waals surface area contributed by atoms with Crippen LogP contribution in [0.5, 0.6) is 0 Å². The van der Waals surface area contributed by atoms with Crippen LogP contribution in [-0.2, 0) is 19.6 Å². The van der Waals surface area contributed by atoms with Crippen molar-refractivity contribution >= 4 is 31.9 Å². The van der Waals surface area contributed by atoms with Crippen LogP contribution in [0.25, 0.3) is 0 Å². The Bertz CT molecular complexity index is 575. The summed E-state index contributed by atoms with van der Waals surface area (Å²) >= 11 is 3.26. The van der Waals surface area contributed by atoms with Gasteiger partial charge < -0.3 is 9.64 Å². The summed E-state index contributed by atoms with van der Waals surface area (Å²) in [5.74, 6) is -0.0843. The van der Waals surface area contributed by atoms with E-state index in [9.17, 15) is 13.2 Å². The molecule has 1 rings (SSSR count). The number of benzene rings is 1. The smallest absolute Gasteiger partial charge is 0.240 e. The Kier molecular flexibility index (Phi) is 8.02. The maximum atomic E-state index is 12.1. The third kappa shape index (κ3) is 6.43. The van der Waals surface area contributed by atoms with Crippen molar-refractivity contribution in [3.05, 3.63) is 28.7 Å². The first-order valence-electron chi connectivity index (χ1n) is 6.86. The highest BCUT2D eigenvalue weighted by Gasteiger charge is 2.14. The van der Waals surface area contributed by atoms with Crippen LogP contribution in [0.1, 0.15) is 13.3 Å². The molecule has 0 atom stereocenters. The number of halogens is 1. The molecule has 0 aliphatic carbocycles. The number of nitrogens with one attached hydrogen (secondary N) is 1. The van der Waals surface area contributed by atoms with E-state index in [1.54, 1.807) is 24.1 Å². The van der Waals surface area contributed by atoms with Crippen LogP contribution in [0.15, 0.2) is 33.6 Å². The normalized spacial score (nSPS) is 11.4. The van der Waals surface area contributed by atoms with Gasteiger partial charge in [-0.25, -0.2) is 13.1 Å². The molecule has 6 nitrogen and oxygen atoms in total. The zero-order valence-corrected chi connectivity index (χ0v) is 15.1. The van der Waals surface area contributed by atoms with Gasteiger partial charge in [-0.05, 0) is 30.7 Å². The fourth-order valence-corrected chi connectivity index (χ4v) is 3.12. The minimum Gasteiger partial charge on any atom is -0.385 e. The van der Waals surface area contributed by atoms with Crippen molar-refractivity contribution < 1.29 is 17.9 Å². The van der Waals surface area contributed by atoms with Gasteiger partial charge in [0.2, 0.25) is 15.9 Å². The lowest BCUT2D eigenvalue weighted by atomic mass is 10.4. The number of amides is 1. The molecule has 0 fully saturated rings. The van der Waals surface area contributed by atoms with Crippen molar-refractivity contribution in [3.63, 3.8) is 0 Å². The maximum absolute atomic E-state index is 12.1. The highest BCUT2D eigenvalue weighted by atomic mass is 79.9. The molecule has 0 aromatic heterocycles. The largest absolute Gasteiger partial charge is 0.385 e. The summed E-state index contributed by atoms with van der Waals surface area (Å²) in [6, 6.07) is 6.38. The summed E-state index contributed by atoms with van der Waals surface area (Å²) in [5, 5.41) is 0. The van der Waals surface area contributed by atoms with Gasteiger partial charge in [0.25, 0.3) is 0 Å². The predicted octanol–water partition coefficient (Wildman–Crippen LogP) is 1.61. The molecule has 124 valence electrons. The second-order valence-electron chi connectivity index (χ2n) is 4.70. The third-order valence-corrected chi connectivity index (χ3v) is 5.03. The Hall–Kier alpha value is -0.960. The van der Waals surface area contributed by atoms with Gasteiger partial charge in [0, 0.05) is 44.7 Å². The molecule has 1 N–H and O–H groups in total. The average Bonchev–Trinajstić information content (AvgIpc) is 2.46. The number of nitrogens with zero attached hydrogens (tertiary/aromatic N) is 1. The van der Waals surface area contributed by atoms with Crippen molar-refractivity contribution in [1.29, 1.82) is 0 Å². The van der Waals surface area contributed by atoms with Crippen molar-refractivity contribution in [2.75, 3.05) is 33.4 Å². The number of ether oxygens (including phenoxy) is 1. The van der Waals surface area contributed by atoms with Crippen LogP contribution in [0.4, 0.5) is 0 Å². The van der Waals surface area contributed by atoms with E-state index in [2.05, 4.69) is 20.7 Å². The van der Waals surface area contributed by atoms with Crippen molar-refractivity contribution in [2.24, 2.45) is 0 Å². The Morgan fingerprint density at radius 2 is 1.91 bits per heavy atom. The molecular weight excluding hydrogens is 372 g/mol. The molecule has 22 heavy (non-hydrogen) atoms. The molecular formula is C14H21BrN2O4S. The van der Waals surface area contributed by atoms with E-state index in [0.29, 0.717) is 19.7 Å². The van der Waals surface area contributed by atoms with Gasteiger partial charge in [-0.15, -0.1) is 0 Å². The van der Waals surface area contributed by atoms with Crippen molar-refractivity contribution in [2.45, 2.75) is 18.2 Å². The van der Waals surface area contributed by atoms with Gasteiger partial charge in [0.05, 0.1) is 4.90 Å². The molecule has 0 aliphatic rings. The number of rotatable bonds is 9. The molecule has 0 bridgehead atoms. The molecule has 0 aliphatic heterocycles. The molecule has 0 unspecified atom stereocenters. The predicted molar refractivity (Wildman–Crippen MR) is 88.1 cm³/mol. The SMILES string of the molecule is COCCCN(CCNS(=O)(=O)c1ccc(Br)cc1)C(C)=O. The van der Waals surface area contributed by atoms with Crippen LogP contribution in [-0.4, -0.2) is 52.6 Å². The first-order chi connectivity index (χ1) is 10.4. The van der Waals surface area contributed by atoms with Crippen LogP contribution >= 0.6 is 15.9 Å². The minimum atomic E-state index is -3.56. The highest BCUT2D eigenvalue weighted by Crippen LogP contribution is 2.14. The van der Waals surface area contributed by atoms with Gasteiger partial charge in [-0.1, -0.05) is 15.9 Å². The summed E-state index contributed by atoms with van der Waals surface area (Å²) in [6.45, 7) is 3.08. The van der Waals surface area contributed by atoms with E-state index < -0.39 is 10.0 Å². The standard InChI is InChI=1S/C14H21BrN2O4S/c1-12(18)17(9-3-11-21-2)10-8-16-22(19,20)14-6-4-13(15)5-7-14/h4-7,16H,3,8-11H2,1-2H3. The van der Waals surface area contributed by atoms with E-state index >= 15 is 0 Å². The van der Waals surface area contributed by atoms with Gasteiger partial charge in [0.1, 0.15) is 0 Å². The monoisotopic (exact) mass is 392 g/mol. The lowest BCUT2D eigenvalue weighted by molar-refractivity contribution is -0.128. The van der Waals surface area contributed by atoms with E-state index in [0.717, 1.165) is 10.9 Å². The fourth-order valence-electron chi connectivity index (χ4n) is 1.84. The molecule has 0 radical (unpaired) electrons. The summed E-state index contributed by atoms with van der Waals surface area (Å²) in [7, 11) is -1.96. The van der Waals surface area contributed by atoms with Gasteiger partial charge in [0.15, 0.2) is 0 Å². The van der Waals surface area contributed by atoms with Gasteiger partial charge in [-0.2, -0.15) is 0 Å². The Balaban J connectivity index is 2.52. The van der Waals surface area contributed by atoms with E-state index in [4.69, 9.17) is 4.74 Å². The average molecular weight is 393 g/mol. The Labute approximate surface area is 140 Å². The molecule has 0 saturated heterocycles. The molecule has 1 aromatic rings. The molecule has 1 amide bonds. The highest BCUT2D eigenvalue weighted by molar-refractivity contribution is 9.10. The molecule has 0 heterocycles. The van der Waals surface area contributed by atoms with Crippen LogP contribution in [0.2, 0.25) is 0 Å².